The van der Waals surface area contributed by atoms with Crippen LogP contribution in [0.3, 0.4) is 0 Å². The topological polar surface area (TPSA) is 86.8 Å². The lowest BCUT2D eigenvalue weighted by Crippen LogP contribution is -2.53. The van der Waals surface area contributed by atoms with Gasteiger partial charge in [-0.3, -0.25) is 13.9 Å². The number of amides is 2. The molecule has 0 unspecified atom stereocenters. The van der Waals surface area contributed by atoms with E-state index in [1.807, 2.05) is 30.3 Å². The van der Waals surface area contributed by atoms with Crippen molar-refractivity contribution in [3.8, 4) is 0 Å². The van der Waals surface area contributed by atoms with Crippen molar-refractivity contribution in [2.75, 3.05) is 17.4 Å². The molecule has 0 bridgehead atoms. The monoisotopic (exact) mass is 611 g/mol. The summed E-state index contributed by atoms with van der Waals surface area (Å²) >= 11 is 3.41. The van der Waals surface area contributed by atoms with E-state index in [-0.39, 0.29) is 23.4 Å². The molecule has 206 valence electrons. The van der Waals surface area contributed by atoms with Crippen LogP contribution in [0.1, 0.15) is 38.2 Å². The van der Waals surface area contributed by atoms with E-state index in [0.29, 0.717) is 16.6 Å². The van der Waals surface area contributed by atoms with Gasteiger partial charge in [0.15, 0.2) is 0 Å². The second-order valence-corrected chi connectivity index (χ2v) is 12.6. The van der Waals surface area contributed by atoms with Gasteiger partial charge in [0.25, 0.3) is 10.0 Å². The molecule has 0 heterocycles. The van der Waals surface area contributed by atoms with E-state index in [4.69, 9.17) is 0 Å². The summed E-state index contributed by atoms with van der Waals surface area (Å²) in [7, 11) is -4.07. The number of carbonyl (C=O) groups is 2. The molecular weight excluding hydrogens is 578 g/mol. The van der Waals surface area contributed by atoms with E-state index in [2.05, 4.69) is 21.2 Å². The molecule has 0 aromatic heterocycles. The minimum absolute atomic E-state index is 0.0839. The molecule has 9 heteroatoms. The Morgan fingerprint density at radius 3 is 2.23 bits per heavy atom. The highest BCUT2D eigenvalue weighted by Gasteiger charge is 2.33. The van der Waals surface area contributed by atoms with Crippen LogP contribution in [0.5, 0.6) is 0 Å². The smallest absolute Gasteiger partial charge is 0.264 e. The lowest BCUT2D eigenvalue weighted by molar-refractivity contribution is -0.139. The van der Waals surface area contributed by atoms with Crippen molar-refractivity contribution in [3.05, 3.63) is 95.0 Å². The number of halogens is 1. The van der Waals surface area contributed by atoms with Gasteiger partial charge in [0.05, 0.1) is 10.6 Å². The summed E-state index contributed by atoms with van der Waals surface area (Å²) in [5, 5.41) is 3.09. The van der Waals surface area contributed by atoms with Crippen LogP contribution in [0.25, 0.3) is 0 Å². The Bertz CT molecular complexity index is 1360. The quantitative estimate of drug-likeness (QED) is 0.324. The van der Waals surface area contributed by atoms with E-state index in [1.54, 1.807) is 49.4 Å². The molecule has 1 aliphatic rings. The SMILES string of the molecule is C[C@@H](C(=O)NC1CCCC1)N(CCc1ccccc1)C(=O)CN(c1cccc(Br)c1)S(=O)(=O)c1ccccc1. The maximum atomic E-state index is 13.9. The Balaban J connectivity index is 1.63. The van der Waals surface area contributed by atoms with Crippen LogP contribution in [0.4, 0.5) is 5.69 Å². The first-order valence-electron chi connectivity index (χ1n) is 13.2. The number of nitrogens with zero attached hydrogens (tertiary/aromatic N) is 2. The van der Waals surface area contributed by atoms with E-state index in [0.717, 1.165) is 35.6 Å². The second-order valence-electron chi connectivity index (χ2n) is 9.79. The molecule has 0 radical (unpaired) electrons. The Morgan fingerprint density at radius 1 is 0.949 bits per heavy atom. The van der Waals surface area contributed by atoms with Crippen LogP contribution in [0, 0.1) is 0 Å². The molecule has 3 aromatic rings. The number of rotatable bonds is 11. The molecule has 4 rings (SSSR count). The first-order chi connectivity index (χ1) is 18.8. The summed E-state index contributed by atoms with van der Waals surface area (Å²) in [6.45, 7) is 1.55. The van der Waals surface area contributed by atoms with E-state index in [9.17, 15) is 18.0 Å². The Morgan fingerprint density at radius 2 is 1.59 bits per heavy atom. The van der Waals surface area contributed by atoms with Crippen molar-refractivity contribution in [2.45, 2.75) is 56.0 Å². The summed E-state index contributed by atoms with van der Waals surface area (Å²) in [6, 6.07) is 24.0. The molecule has 1 atom stereocenters. The first-order valence-corrected chi connectivity index (χ1v) is 15.5. The third-order valence-electron chi connectivity index (χ3n) is 7.06. The molecule has 1 fully saturated rings. The molecule has 0 spiro atoms. The number of sulfonamides is 1. The first kappa shape index (κ1) is 28.8. The highest BCUT2D eigenvalue weighted by atomic mass is 79.9. The minimum atomic E-state index is -4.07. The third kappa shape index (κ3) is 7.48. The maximum absolute atomic E-state index is 13.9. The van der Waals surface area contributed by atoms with Crippen LogP contribution in [-0.2, 0) is 26.0 Å². The zero-order valence-corrected chi connectivity index (χ0v) is 24.4. The zero-order valence-electron chi connectivity index (χ0n) is 22.0. The number of nitrogens with one attached hydrogen (secondary N) is 1. The van der Waals surface area contributed by atoms with Crippen molar-refractivity contribution >= 4 is 43.5 Å². The van der Waals surface area contributed by atoms with Crippen molar-refractivity contribution in [3.63, 3.8) is 0 Å². The van der Waals surface area contributed by atoms with Crippen molar-refractivity contribution in [1.29, 1.82) is 0 Å². The third-order valence-corrected chi connectivity index (χ3v) is 9.34. The second kappa shape index (κ2) is 13.3. The zero-order chi connectivity index (χ0) is 27.8. The van der Waals surface area contributed by atoms with Gasteiger partial charge in [0.1, 0.15) is 12.6 Å². The molecule has 39 heavy (non-hydrogen) atoms. The van der Waals surface area contributed by atoms with Crippen LogP contribution in [-0.4, -0.2) is 50.3 Å². The van der Waals surface area contributed by atoms with E-state index >= 15 is 0 Å². The van der Waals surface area contributed by atoms with Gasteiger partial charge in [-0.25, -0.2) is 8.42 Å². The Kier molecular flexibility index (Phi) is 9.80. The van der Waals surface area contributed by atoms with Crippen LogP contribution < -0.4 is 9.62 Å². The average molecular weight is 613 g/mol. The molecule has 0 aliphatic heterocycles. The largest absolute Gasteiger partial charge is 0.352 e. The number of carbonyl (C=O) groups excluding carboxylic acids is 2. The molecule has 1 saturated carbocycles. The standard InChI is InChI=1S/C30H34BrN3O4S/c1-23(30(36)32-26-14-8-9-15-26)33(20-19-24-11-4-2-5-12-24)29(35)22-34(27-16-10-13-25(31)21-27)39(37,38)28-17-6-3-7-18-28/h2-7,10-13,16-18,21,23,26H,8-9,14-15,19-20,22H2,1H3,(H,32,36)/t23-/m0/s1. The van der Waals surface area contributed by atoms with Crippen LogP contribution >= 0.6 is 15.9 Å². The van der Waals surface area contributed by atoms with Crippen molar-refractivity contribution in [2.24, 2.45) is 0 Å². The van der Waals surface area contributed by atoms with Gasteiger partial charge < -0.3 is 10.2 Å². The van der Waals surface area contributed by atoms with Gasteiger partial charge in [0.2, 0.25) is 11.8 Å². The normalized spacial score (nSPS) is 14.5. The predicted molar refractivity (Wildman–Crippen MR) is 157 cm³/mol. The maximum Gasteiger partial charge on any atom is 0.264 e. The minimum Gasteiger partial charge on any atom is -0.352 e. The summed E-state index contributed by atoms with van der Waals surface area (Å²) in [5.74, 6) is -0.664. The number of hydrogen-bond donors (Lipinski definition) is 1. The van der Waals surface area contributed by atoms with Gasteiger partial charge >= 0.3 is 0 Å². The Hall–Kier alpha value is -3.17. The summed E-state index contributed by atoms with van der Waals surface area (Å²) in [6.07, 6.45) is 4.56. The average Bonchev–Trinajstić information content (AvgIpc) is 3.45. The fraction of sp³-hybridized carbons (Fsp3) is 0.333. The lowest BCUT2D eigenvalue weighted by atomic mass is 10.1. The highest BCUT2D eigenvalue weighted by molar-refractivity contribution is 9.10. The fourth-order valence-electron chi connectivity index (χ4n) is 4.84. The van der Waals surface area contributed by atoms with E-state index < -0.39 is 28.5 Å². The van der Waals surface area contributed by atoms with Crippen LogP contribution in [0.2, 0.25) is 0 Å². The summed E-state index contributed by atoms with van der Waals surface area (Å²) in [5.41, 5.74) is 1.38. The van der Waals surface area contributed by atoms with E-state index in [1.165, 1.54) is 17.0 Å². The lowest BCUT2D eigenvalue weighted by Gasteiger charge is -2.32. The number of anilines is 1. The van der Waals surface area contributed by atoms with Crippen molar-refractivity contribution < 1.29 is 18.0 Å². The number of hydrogen-bond acceptors (Lipinski definition) is 4. The highest BCUT2D eigenvalue weighted by Crippen LogP contribution is 2.27. The van der Waals surface area contributed by atoms with Crippen LogP contribution in [0.15, 0.2) is 94.3 Å². The molecule has 3 aromatic carbocycles. The molecule has 2 amide bonds. The predicted octanol–water partition coefficient (Wildman–Crippen LogP) is 5.16. The summed E-state index contributed by atoms with van der Waals surface area (Å²) in [4.78, 5) is 28.7. The van der Waals surface area contributed by atoms with Gasteiger partial charge in [-0.05, 0) is 62.1 Å². The van der Waals surface area contributed by atoms with Gasteiger partial charge in [-0.2, -0.15) is 0 Å². The molecule has 0 saturated heterocycles. The summed E-state index contributed by atoms with van der Waals surface area (Å²) < 4.78 is 29.4. The van der Waals surface area contributed by atoms with Gasteiger partial charge in [-0.1, -0.05) is 83.4 Å². The molecular formula is C30H34BrN3O4S. The van der Waals surface area contributed by atoms with Crippen molar-refractivity contribution in [1.82, 2.24) is 10.2 Å². The number of benzene rings is 3. The fourth-order valence-corrected chi connectivity index (χ4v) is 6.66. The van der Waals surface area contributed by atoms with Gasteiger partial charge in [-0.15, -0.1) is 0 Å². The Labute approximate surface area is 239 Å². The molecule has 1 aliphatic carbocycles. The van der Waals surface area contributed by atoms with Gasteiger partial charge in [0, 0.05) is 17.1 Å². The molecule has 1 N–H and O–H groups in total. The molecule has 7 nitrogen and oxygen atoms in total.